The molecule has 2 rings (SSSR count). The molecule has 1 heterocycles. The molecule has 3 nitrogen and oxygen atoms in total. The Hall–Kier alpha value is -1.25. The van der Waals surface area contributed by atoms with Gasteiger partial charge in [0.25, 0.3) is 0 Å². The Balaban J connectivity index is 2.23. The van der Waals surface area contributed by atoms with E-state index in [0.717, 1.165) is 17.8 Å². The fourth-order valence-electron chi connectivity index (χ4n) is 2.40. The highest BCUT2D eigenvalue weighted by Crippen LogP contribution is 2.29. The van der Waals surface area contributed by atoms with Crippen molar-refractivity contribution in [2.75, 3.05) is 0 Å². The Morgan fingerprint density at radius 3 is 2.50 bits per heavy atom. The van der Waals surface area contributed by atoms with Gasteiger partial charge in [0.1, 0.15) is 11.5 Å². The molecule has 0 aromatic carbocycles. The molecule has 16 heavy (non-hydrogen) atoms. The van der Waals surface area contributed by atoms with Crippen LogP contribution < -0.4 is 0 Å². The lowest BCUT2D eigenvalue weighted by Crippen LogP contribution is -2.07. The molecule has 0 unspecified atom stereocenters. The van der Waals surface area contributed by atoms with E-state index in [4.69, 9.17) is 0 Å². The molecule has 0 bridgehead atoms. The van der Waals surface area contributed by atoms with Crippen molar-refractivity contribution >= 4 is 6.29 Å². The third-order valence-corrected chi connectivity index (χ3v) is 3.23. The first kappa shape index (κ1) is 11.2. The summed E-state index contributed by atoms with van der Waals surface area (Å²) < 4.78 is 0. The Bertz CT molecular complexity index is 368. The number of hydrogen-bond acceptors (Lipinski definition) is 3. The number of hydrogen-bond donors (Lipinski definition) is 0. The van der Waals surface area contributed by atoms with Crippen LogP contribution in [0.1, 0.15) is 66.4 Å². The Morgan fingerprint density at radius 1 is 1.19 bits per heavy atom. The molecule has 1 aromatic rings. The van der Waals surface area contributed by atoms with E-state index >= 15 is 0 Å². The van der Waals surface area contributed by atoms with Crippen LogP contribution in [0.25, 0.3) is 0 Å². The third kappa shape index (κ3) is 2.65. The number of aldehydes is 1. The zero-order valence-corrected chi connectivity index (χ0v) is 9.78. The number of carbonyl (C=O) groups is 1. The minimum atomic E-state index is 0.459. The SMILES string of the molecule is Cc1cc(C=O)nc(C2CCCCCC2)n1. The van der Waals surface area contributed by atoms with Crippen LogP contribution in [0.2, 0.25) is 0 Å². The quantitative estimate of drug-likeness (QED) is 0.566. The average molecular weight is 218 g/mol. The van der Waals surface area contributed by atoms with Gasteiger partial charge in [-0.25, -0.2) is 9.97 Å². The highest BCUT2D eigenvalue weighted by Gasteiger charge is 2.17. The fourth-order valence-corrected chi connectivity index (χ4v) is 2.40. The van der Waals surface area contributed by atoms with Crippen molar-refractivity contribution in [3.63, 3.8) is 0 Å². The summed E-state index contributed by atoms with van der Waals surface area (Å²) >= 11 is 0. The molecule has 1 aliphatic carbocycles. The minimum Gasteiger partial charge on any atom is -0.296 e. The maximum atomic E-state index is 10.8. The van der Waals surface area contributed by atoms with Gasteiger partial charge >= 0.3 is 0 Å². The normalized spacial score (nSPS) is 18.1. The molecule has 0 saturated heterocycles. The number of rotatable bonds is 2. The molecule has 0 amide bonds. The number of carbonyl (C=O) groups excluding carboxylic acids is 1. The molecule has 86 valence electrons. The summed E-state index contributed by atoms with van der Waals surface area (Å²) in [5.41, 5.74) is 1.42. The smallest absolute Gasteiger partial charge is 0.168 e. The van der Waals surface area contributed by atoms with E-state index in [1.807, 2.05) is 6.92 Å². The highest BCUT2D eigenvalue weighted by molar-refractivity contribution is 5.71. The van der Waals surface area contributed by atoms with Gasteiger partial charge in [0.2, 0.25) is 0 Å². The topological polar surface area (TPSA) is 42.9 Å². The molecule has 0 N–H and O–H groups in total. The standard InChI is InChI=1S/C13H18N2O/c1-10-8-12(9-16)15-13(14-10)11-6-4-2-3-5-7-11/h8-9,11H,2-7H2,1H3. The largest absolute Gasteiger partial charge is 0.296 e. The molecular weight excluding hydrogens is 200 g/mol. The van der Waals surface area contributed by atoms with Gasteiger partial charge < -0.3 is 0 Å². The van der Waals surface area contributed by atoms with E-state index in [2.05, 4.69) is 9.97 Å². The van der Waals surface area contributed by atoms with Gasteiger partial charge in [-0.1, -0.05) is 25.7 Å². The summed E-state index contributed by atoms with van der Waals surface area (Å²) in [7, 11) is 0. The van der Waals surface area contributed by atoms with Crippen molar-refractivity contribution in [2.24, 2.45) is 0 Å². The Kier molecular flexibility index (Phi) is 3.65. The lowest BCUT2D eigenvalue weighted by molar-refractivity contribution is 0.111. The number of aromatic nitrogens is 2. The van der Waals surface area contributed by atoms with E-state index in [9.17, 15) is 4.79 Å². The minimum absolute atomic E-state index is 0.459. The molecule has 0 radical (unpaired) electrons. The summed E-state index contributed by atoms with van der Waals surface area (Å²) in [6.45, 7) is 1.93. The molecule has 1 saturated carbocycles. The van der Waals surface area contributed by atoms with Crippen molar-refractivity contribution in [3.8, 4) is 0 Å². The fraction of sp³-hybridized carbons (Fsp3) is 0.615. The Morgan fingerprint density at radius 2 is 1.88 bits per heavy atom. The maximum Gasteiger partial charge on any atom is 0.168 e. The van der Waals surface area contributed by atoms with Gasteiger partial charge in [0.15, 0.2) is 6.29 Å². The molecular formula is C13H18N2O. The maximum absolute atomic E-state index is 10.8. The van der Waals surface area contributed by atoms with Crippen LogP contribution in [0.3, 0.4) is 0 Å². The molecule has 0 aliphatic heterocycles. The first-order valence-electron chi connectivity index (χ1n) is 6.10. The predicted octanol–water partition coefficient (Wildman–Crippen LogP) is 3.04. The first-order valence-corrected chi connectivity index (χ1v) is 6.10. The molecule has 1 aromatic heterocycles. The van der Waals surface area contributed by atoms with E-state index in [0.29, 0.717) is 11.6 Å². The van der Waals surface area contributed by atoms with Gasteiger partial charge in [-0.05, 0) is 25.8 Å². The van der Waals surface area contributed by atoms with Crippen molar-refractivity contribution in [1.82, 2.24) is 9.97 Å². The van der Waals surface area contributed by atoms with Crippen molar-refractivity contribution in [3.05, 3.63) is 23.3 Å². The molecule has 1 aliphatic rings. The van der Waals surface area contributed by atoms with Crippen LogP contribution in [0.4, 0.5) is 0 Å². The molecule has 3 heteroatoms. The summed E-state index contributed by atoms with van der Waals surface area (Å²) in [5.74, 6) is 1.34. The van der Waals surface area contributed by atoms with Crippen LogP contribution in [0.15, 0.2) is 6.07 Å². The van der Waals surface area contributed by atoms with Crippen LogP contribution in [0, 0.1) is 6.92 Å². The lowest BCUT2D eigenvalue weighted by atomic mass is 9.99. The van der Waals surface area contributed by atoms with E-state index in [1.165, 1.54) is 38.5 Å². The summed E-state index contributed by atoms with van der Waals surface area (Å²) in [6, 6.07) is 1.74. The molecule has 0 atom stereocenters. The van der Waals surface area contributed by atoms with Gasteiger partial charge in [-0.2, -0.15) is 0 Å². The van der Waals surface area contributed by atoms with Gasteiger partial charge in [0, 0.05) is 11.6 Å². The highest BCUT2D eigenvalue weighted by atomic mass is 16.1. The van der Waals surface area contributed by atoms with Crippen molar-refractivity contribution in [2.45, 2.75) is 51.4 Å². The van der Waals surface area contributed by atoms with Crippen LogP contribution in [0.5, 0.6) is 0 Å². The predicted molar refractivity (Wildman–Crippen MR) is 62.6 cm³/mol. The monoisotopic (exact) mass is 218 g/mol. The zero-order valence-electron chi connectivity index (χ0n) is 9.78. The van der Waals surface area contributed by atoms with Crippen LogP contribution in [-0.4, -0.2) is 16.3 Å². The van der Waals surface area contributed by atoms with E-state index < -0.39 is 0 Å². The number of nitrogens with zero attached hydrogens (tertiary/aromatic N) is 2. The zero-order chi connectivity index (χ0) is 11.4. The molecule has 0 spiro atoms. The van der Waals surface area contributed by atoms with Crippen molar-refractivity contribution < 1.29 is 4.79 Å². The first-order chi connectivity index (χ1) is 7.79. The Labute approximate surface area is 96.3 Å². The number of aryl methyl sites for hydroxylation is 1. The van der Waals surface area contributed by atoms with Gasteiger partial charge in [-0.15, -0.1) is 0 Å². The summed E-state index contributed by atoms with van der Waals surface area (Å²) in [5, 5.41) is 0. The van der Waals surface area contributed by atoms with Crippen LogP contribution in [-0.2, 0) is 0 Å². The lowest BCUT2D eigenvalue weighted by Gasteiger charge is -2.13. The second-order valence-electron chi connectivity index (χ2n) is 4.60. The van der Waals surface area contributed by atoms with Gasteiger partial charge in [-0.3, -0.25) is 4.79 Å². The second kappa shape index (κ2) is 5.19. The van der Waals surface area contributed by atoms with Crippen molar-refractivity contribution in [1.29, 1.82) is 0 Å². The van der Waals surface area contributed by atoms with Crippen LogP contribution >= 0.6 is 0 Å². The summed E-state index contributed by atoms with van der Waals surface area (Å²) in [6.07, 6.45) is 8.32. The van der Waals surface area contributed by atoms with E-state index in [-0.39, 0.29) is 0 Å². The average Bonchev–Trinajstić information content (AvgIpc) is 2.56. The second-order valence-corrected chi connectivity index (χ2v) is 4.60. The summed E-state index contributed by atoms with van der Waals surface area (Å²) in [4.78, 5) is 19.6. The van der Waals surface area contributed by atoms with E-state index in [1.54, 1.807) is 6.07 Å². The third-order valence-electron chi connectivity index (χ3n) is 3.23. The van der Waals surface area contributed by atoms with Gasteiger partial charge in [0.05, 0.1) is 0 Å². The molecule has 1 fully saturated rings.